The average molecular weight is 230 g/mol. The molecule has 3 rings (SSSR count). The molecule has 0 bridgehead atoms. The molecular formula is C10H18N2O2S. The molecule has 0 radical (unpaired) electrons. The standard InChI is InChI=1S/C10H18N2O2S/c13-15(14,9-3-4-9)12-6-8-2-1-5-11-10(8)7-12/h8-11H,1-7H2. The second-order valence-electron chi connectivity index (χ2n) is 5.02. The van der Waals surface area contributed by atoms with Crippen LogP contribution in [-0.4, -0.2) is 43.6 Å². The van der Waals surface area contributed by atoms with Crippen molar-refractivity contribution in [3.63, 3.8) is 0 Å². The first-order valence-corrected chi connectivity index (χ1v) is 7.40. The van der Waals surface area contributed by atoms with Gasteiger partial charge in [0.05, 0.1) is 5.25 Å². The van der Waals surface area contributed by atoms with E-state index in [-0.39, 0.29) is 5.25 Å². The van der Waals surface area contributed by atoms with Crippen LogP contribution in [0.15, 0.2) is 0 Å². The Morgan fingerprint density at radius 3 is 2.60 bits per heavy atom. The third-order valence-corrected chi connectivity index (χ3v) is 6.20. The highest BCUT2D eigenvalue weighted by Crippen LogP contribution is 2.35. The largest absolute Gasteiger partial charge is 0.312 e. The number of piperidine rings is 1. The lowest BCUT2D eigenvalue weighted by atomic mass is 9.94. The highest BCUT2D eigenvalue weighted by atomic mass is 32.2. The molecule has 0 aromatic carbocycles. The van der Waals surface area contributed by atoms with Gasteiger partial charge in [-0.1, -0.05) is 0 Å². The van der Waals surface area contributed by atoms with Gasteiger partial charge in [0, 0.05) is 19.1 Å². The lowest BCUT2D eigenvalue weighted by Gasteiger charge is -2.24. The molecule has 4 nitrogen and oxygen atoms in total. The van der Waals surface area contributed by atoms with E-state index in [1.165, 1.54) is 12.8 Å². The Labute approximate surface area is 91.1 Å². The van der Waals surface area contributed by atoms with E-state index in [2.05, 4.69) is 5.32 Å². The third kappa shape index (κ3) is 1.70. The molecule has 0 amide bonds. The molecule has 1 saturated carbocycles. The van der Waals surface area contributed by atoms with E-state index in [4.69, 9.17) is 0 Å². The zero-order chi connectivity index (χ0) is 10.5. The first-order chi connectivity index (χ1) is 7.18. The summed E-state index contributed by atoms with van der Waals surface area (Å²) in [6, 6.07) is 0.423. The smallest absolute Gasteiger partial charge is 0.217 e. The Kier molecular flexibility index (Phi) is 2.30. The van der Waals surface area contributed by atoms with Gasteiger partial charge >= 0.3 is 0 Å². The second-order valence-corrected chi connectivity index (χ2v) is 7.24. The molecule has 0 aromatic rings. The van der Waals surface area contributed by atoms with Crippen LogP contribution in [-0.2, 0) is 10.0 Å². The molecule has 0 aromatic heterocycles. The fraction of sp³-hybridized carbons (Fsp3) is 1.00. The predicted molar refractivity (Wildman–Crippen MR) is 58.0 cm³/mol. The molecular weight excluding hydrogens is 212 g/mol. The number of hydrogen-bond donors (Lipinski definition) is 1. The summed E-state index contributed by atoms with van der Waals surface area (Å²) in [5.41, 5.74) is 0. The van der Waals surface area contributed by atoms with E-state index in [0.717, 1.165) is 25.9 Å². The van der Waals surface area contributed by atoms with Crippen LogP contribution in [0, 0.1) is 5.92 Å². The van der Waals surface area contributed by atoms with Crippen LogP contribution in [0.4, 0.5) is 0 Å². The van der Waals surface area contributed by atoms with Gasteiger partial charge in [-0.15, -0.1) is 0 Å². The van der Waals surface area contributed by atoms with Crippen molar-refractivity contribution in [3.05, 3.63) is 0 Å². The van der Waals surface area contributed by atoms with E-state index in [0.29, 0.717) is 18.5 Å². The van der Waals surface area contributed by atoms with E-state index < -0.39 is 10.0 Å². The van der Waals surface area contributed by atoms with Gasteiger partial charge in [-0.25, -0.2) is 8.42 Å². The highest BCUT2D eigenvalue weighted by molar-refractivity contribution is 7.90. The van der Waals surface area contributed by atoms with Gasteiger partial charge in [-0.05, 0) is 38.1 Å². The zero-order valence-electron chi connectivity index (χ0n) is 8.85. The Morgan fingerprint density at radius 2 is 1.93 bits per heavy atom. The van der Waals surface area contributed by atoms with Gasteiger partial charge in [-0.2, -0.15) is 4.31 Å². The fourth-order valence-electron chi connectivity index (χ4n) is 2.79. The minimum absolute atomic E-state index is 0.0438. The van der Waals surface area contributed by atoms with Crippen molar-refractivity contribution < 1.29 is 8.42 Å². The Morgan fingerprint density at radius 1 is 1.13 bits per heavy atom. The maximum Gasteiger partial charge on any atom is 0.217 e. The number of nitrogens with zero attached hydrogens (tertiary/aromatic N) is 1. The summed E-state index contributed by atoms with van der Waals surface area (Å²) >= 11 is 0. The Bertz CT molecular complexity index is 336. The number of rotatable bonds is 2. The maximum atomic E-state index is 12.0. The Hall–Kier alpha value is -0.130. The normalized spacial score (nSPS) is 37.9. The molecule has 86 valence electrons. The van der Waals surface area contributed by atoms with Crippen molar-refractivity contribution in [1.29, 1.82) is 0 Å². The first kappa shape index (κ1) is 10.1. The number of nitrogens with one attached hydrogen (secondary N) is 1. The molecule has 2 unspecified atom stereocenters. The van der Waals surface area contributed by atoms with Crippen LogP contribution in [0.1, 0.15) is 25.7 Å². The van der Waals surface area contributed by atoms with Crippen molar-refractivity contribution in [3.8, 4) is 0 Å². The van der Waals surface area contributed by atoms with Crippen LogP contribution in [0.25, 0.3) is 0 Å². The van der Waals surface area contributed by atoms with E-state index in [1.807, 2.05) is 0 Å². The predicted octanol–water partition coefficient (Wildman–Crippen LogP) is 0.162. The summed E-state index contributed by atoms with van der Waals surface area (Å²) in [4.78, 5) is 0. The number of sulfonamides is 1. The van der Waals surface area contributed by atoms with Crippen molar-refractivity contribution in [2.45, 2.75) is 37.0 Å². The summed E-state index contributed by atoms with van der Waals surface area (Å²) in [7, 11) is -2.93. The first-order valence-electron chi connectivity index (χ1n) is 5.90. The van der Waals surface area contributed by atoms with Crippen LogP contribution in [0.3, 0.4) is 0 Å². The van der Waals surface area contributed by atoms with Crippen molar-refractivity contribution >= 4 is 10.0 Å². The summed E-state index contributed by atoms with van der Waals surface area (Å²) in [6.45, 7) is 2.53. The van der Waals surface area contributed by atoms with Gasteiger partial charge in [0.2, 0.25) is 10.0 Å². The second kappa shape index (κ2) is 3.43. The van der Waals surface area contributed by atoms with Gasteiger partial charge in [-0.3, -0.25) is 0 Å². The molecule has 1 N–H and O–H groups in total. The van der Waals surface area contributed by atoms with Crippen molar-refractivity contribution in [2.24, 2.45) is 5.92 Å². The molecule has 3 fully saturated rings. The zero-order valence-corrected chi connectivity index (χ0v) is 9.67. The molecule has 2 aliphatic heterocycles. The summed E-state index contributed by atoms with van der Waals surface area (Å²) in [5, 5.41) is 3.39. The van der Waals surface area contributed by atoms with E-state index in [9.17, 15) is 8.42 Å². The Balaban J connectivity index is 1.74. The van der Waals surface area contributed by atoms with Gasteiger partial charge in [0.25, 0.3) is 0 Å². The summed E-state index contributed by atoms with van der Waals surface area (Å²) in [6.07, 6.45) is 4.13. The van der Waals surface area contributed by atoms with Crippen molar-refractivity contribution in [1.82, 2.24) is 9.62 Å². The maximum absolute atomic E-state index is 12.0. The molecule has 15 heavy (non-hydrogen) atoms. The molecule has 2 atom stereocenters. The van der Waals surface area contributed by atoms with Crippen LogP contribution >= 0.6 is 0 Å². The van der Waals surface area contributed by atoms with Crippen molar-refractivity contribution in [2.75, 3.05) is 19.6 Å². The fourth-order valence-corrected chi connectivity index (χ4v) is 4.71. The van der Waals surface area contributed by atoms with Crippen LogP contribution in [0.2, 0.25) is 0 Å². The van der Waals surface area contributed by atoms with Gasteiger partial charge in [0.1, 0.15) is 0 Å². The molecule has 0 spiro atoms. The van der Waals surface area contributed by atoms with Gasteiger partial charge in [0.15, 0.2) is 0 Å². The average Bonchev–Trinajstić information content (AvgIpc) is 2.97. The minimum Gasteiger partial charge on any atom is -0.312 e. The summed E-state index contributed by atoms with van der Waals surface area (Å²) in [5.74, 6) is 0.562. The molecule has 2 saturated heterocycles. The monoisotopic (exact) mass is 230 g/mol. The summed E-state index contributed by atoms with van der Waals surface area (Å²) < 4.78 is 25.8. The lowest BCUT2D eigenvalue weighted by molar-refractivity contribution is 0.339. The number of hydrogen-bond acceptors (Lipinski definition) is 3. The molecule has 3 aliphatic rings. The van der Waals surface area contributed by atoms with Crippen LogP contribution in [0.5, 0.6) is 0 Å². The lowest BCUT2D eigenvalue weighted by Crippen LogP contribution is -2.41. The van der Waals surface area contributed by atoms with Gasteiger partial charge < -0.3 is 5.32 Å². The van der Waals surface area contributed by atoms with E-state index in [1.54, 1.807) is 4.31 Å². The highest BCUT2D eigenvalue weighted by Gasteiger charge is 2.45. The van der Waals surface area contributed by atoms with Crippen LogP contribution < -0.4 is 5.32 Å². The molecule has 2 heterocycles. The quantitative estimate of drug-likeness (QED) is 0.735. The number of fused-ring (bicyclic) bond motifs is 1. The topological polar surface area (TPSA) is 49.4 Å². The van der Waals surface area contributed by atoms with E-state index >= 15 is 0 Å². The molecule has 5 heteroatoms. The minimum atomic E-state index is -2.93. The SMILES string of the molecule is O=S(=O)(C1CC1)N1CC2CCCNC2C1. The third-order valence-electron chi connectivity index (χ3n) is 3.87. The molecule has 1 aliphatic carbocycles.